The topological polar surface area (TPSA) is 73.1 Å². The third kappa shape index (κ3) is 2.55. The highest BCUT2D eigenvalue weighted by atomic mass is 19.1. The summed E-state index contributed by atoms with van der Waals surface area (Å²) in [5, 5.41) is 3.68. The highest BCUT2D eigenvalue weighted by molar-refractivity contribution is 5.92. The summed E-state index contributed by atoms with van der Waals surface area (Å²) in [6.07, 6.45) is 1.42. The average molecular weight is 284 g/mol. The van der Waals surface area contributed by atoms with Crippen LogP contribution in [0, 0.1) is 5.82 Å². The Balaban J connectivity index is 2.08. The molecule has 6 heteroatoms. The van der Waals surface area contributed by atoms with Crippen molar-refractivity contribution in [3.63, 3.8) is 0 Å². The van der Waals surface area contributed by atoms with Crippen LogP contribution < -0.4 is 15.8 Å². The predicted octanol–water partition coefficient (Wildman–Crippen LogP) is 3.10. The SMILES string of the molecule is COc1ccc(F)c(Nc2ncnc3ccc(N)cc23)c1. The van der Waals surface area contributed by atoms with E-state index in [2.05, 4.69) is 15.3 Å². The van der Waals surface area contributed by atoms with Crippen molar-refractivity contribution in [2.24, 2.45) is 0 Å². The second-order valence-corrected chi connectivity index (χ2v) is 4.47. The number of methoxy groups -OCH3 is 1. The van der Waals surface area contributed by atoms with E-state index in [0.29, 0.717) is 17.3 Å². The quantitative estimate of drug-likeness (QED) is 0.723. The fourth-order valence-electron chi connectivity index (χ4n) is 2.03. The summed E-state index contributed by atoms with van der Waals surface area (Å²) in [5.41, 5.74) is 7.38. The highest BCUT2D eigenvalue weighted by Crippen LogP contribution is 2.28. The number of anilines is 3. The number of nitrogens with zero attached hydrogens (tertiary/aromatic N) is 2. The first-order valence-electron chi connectivity index (χ1n) is 6.28. The molecule has 3 rings (SSSR count). The van der Waals surface area contributed by atoms with Gasteiger partial charge >= 0.3 is 0 Å². The molecule has 1 heterocycles. The van der Waals surface area contributed by atoms with Gasteiger partial charge in [-0.25, -0.2) is 14.4 Å². The maximum absolute atomic E-state index is 13.9. The van der Waals surface area contributed by atoms with Gasteiger partial charge in [-0.3, -0.25) is 0 Å². The summed E-state index contributed by atoms with van der Waals surface area (Å²) in [6.45, 7) is 0. The lowest BCUT2D eigenvalue weighted by Gasteiger charge is -2.10. The van der Waals surface area contributed by atoms with E-state index in [0.717, 1.165) is 10.9 Å². The summed E-state index contributed by atoms with van der Waals surface area (Å²) in [5.74, 6) is 0.641. The second-order valence-electron chi connectivity index (χ2n) is 4.47. The number of halogens is 1. The molecule has 0 saturated carbocycles. The predicted molar refractivity (Wildman–Crippen MR) is 80.2 cm³/mol. The number of nitrogens with one attached hydrogen (secondary N) is 1. The minimum Gasteiger partial charge on any atom is -0.497 e. The molecule has 0 unspecified atom stereocenters. The average Bonchev–Trinajstić information content (AvgIpc) is 2.50. The lowest BCUT2D eigenvalue weighted by atomic mass is 10.2. The molecule has 0 bridgehead atoms. The van der Waals surface area contributed by atoms with Gasteiger partial charge in [-0.1, -0.05) is 0 Å². The molecule has 1 aromatic heterocycles. The molecule has 0 aliphatic heterocycles. The number of ether oxygens (including phenoxy) is 1. The highest BCUT2D eigenvalue weighted by Gasteiger charge is 2.09. The van der Waals surface area contributed by atoms with E-state index in [4.69, 9.17) is 10.5 Å². The van der Waals surface area contributed by atoms with Crippen molar-refractivity contribution in [2.45, 2.75) is 0 Å². The Morgan fingerprint density at radius 1 is 1.14 bits per heavy atom. The van der Waals surface area contributed by atoms with E-state index >= 15 is 0 Å². The van der Waals surface area contributed by atoms with Crippen molar-refractivity contribution >= 4 is 28.1 Å². The molecule has 2 aromatic carbocycles. The van der Waals surface area contributed by atoms with Crippen molar-refractivity contribution in [1.82, 2.24) is 9.97 Å². The van der Waals surface area contributed by atoms with Crippen LogP contribution in [0.2, 0.25) is 0 Å². The van der Waals surface area contributed by atoms with Crippen molar-refractivity contribution in [1.29, 1.82) is 0 Å². The van der Waals surface area contributed by atoms with Crippen LogP contribution in [0.4, 0.5) is 21.6 Å². The first-order valence-corrected chi connectivity index (χ1v) is 6.28. The lowest BCUT2D eigenvalue weighted by Crippen LogP contribution is -1.99. The summed E-state index contributed by atoms with van der Waals surface area (Å²) >= 11 is 0. The molecule has 3 aromatic rings. The third-order valence-electron chi connectivity index (χ3n) is 3.09. The molecule has 0 amide bonds. The van der Waals surface area contributed by atoms with E-state index in [1.807, 2.05) is 0 Å². The van der Waals surface area contributed by atoms with E-state index in [-0.39, 0.29) is 5.69 Å². The minimum absolute atomic E-state index is 0.275. The molecule has 0 aliphatic carbocycles. The van der Waals surface area contributed by atoms with Gasteiger partial charge < -0.3 is 15.8 Å². The number of hydrogen-bond donors (Lipinski definition) is 2. The summed E-state index contributed by atoms with van der Waals surface area (Å²) in [7, 11) is 1.53. The van der Waals surface area contributed by atoms with Crippen LogP contribution >= 0.6 is 0 Å². The van der Waals surface area contributed by atoms with Crippen LogP contribution in [0.5, 0.6) is 5.75 Å². The smallest absolute Gasteiger partial charge is 0.146 e. The van der Waals surface area contributed by atoms with Crippen LogP contribution in [0.3, 0.4) is 0 Å². The number of fused-ring (bicyclic) bond motifs is 1. The van der Waals surface area contributed by atoms with Gasteiger partial charge in [0.2, 0.25) is 0 Å². The number of nitrogens with two attached hydrogens (primary N) is 1. The number of rotatable bonds is 3. The van der Waals surface area contributed by atoms with Gasteiger partial charge in [0, 0.05) is 17.1 Å². The fraction of sp³-hybridized carbons (Fsp3) is 0.0667. The van der Waals surface area contributed by atoms with Gasteiger partial charge in [0.05, 0.1) is 18.3 Å². The molecule has 0 spiro atoms. The summed E-state index contributed by atoms with van der Waals surface area (Å²) < 4.78 is 19.0. The summed E-state index contributed by atoms with van der Waals surface area (Å²) in [6, 6.07) is 9.74. The molecule has 106 valence electrons. The van der Waals surface area contributed by atoms with Gasteiger partial charge in [0.1, 0.15) is 23.7 Å². The molecule has 0 radical (unpaired) electrons. The standard InChI is InChI=1S/C15H13FN4O/c1-21-10-3-4-12(16)14(7-10)20-15-11-6-9(17)2-5-13(11)18-8-19-15/h2-8H,17H2,1H3,(H,18,19,20). The van der Waals surface area contributed by atoms with E-state index < -0.39 is 5.82 Å². The Morgan fingerprint density at radius 3 is 2.81 bits per heavy atom. The Labute approximate surface area is 120 Å². The monoisotopic (exact) mass is 284 g/mol. The van der Waals surface area contributed by atoms with Gasteiger partial charge in [-0.05, 0) is 30.3 Å². The molecular weight excluding hydrogens is 271 g/mol. The third-order valence-corrected chi connectivity index (χ3v) is 3.09. The van der Waals surface area contributed by atoms with E-state index in [9.17, 15) is 4.39 Å². The molecule has 3 N–H and O–H groups in total. The van der Waals surface area contributed by atoms with E-state index in [1.165, 1.54) is 19.5 Å². The lowest BCUT2D eigenvalue weighted by molar-refractivity contribution is 0.414. The van der Waals surface area contributed by atoms with Crippen LogP contribution in [0.15, 0.2) is 42.7 Å². The van der Waals surface area contributed by atoms with Crippen LogP contribution in [-0.2, 0) is 0 Å². The molecular formula is C15H13FN4O. The first kappa shape index (κ1) is 13.1. The number of benzene rings is 2. The Hall–Kier alpha value is -2.89. The summed E-state index contributed by atoms with van der Waals surface area (Å²) in [4.78, 5) is 8.31. The largest absolute Gasteiger partial charge is 0.497 e. The molecule has 0 atom stereocenters. The van der Waals surface area contributed by atoms with Crippen molar-refractivity contribution in [2.75, 3.05) is 18.2 Å². The van der Waals surface area contributed by atoms with Gasteiger partial charge in [0.15, 0.2) is 0 Å². The maximum atomic E-state index is 13.9. The zero-order chi connectivity index (χ0) is 14.8. The zero-order valence-electron chi connectivity index (χ0n) is 11.3. The molecule has 0 fully saturated rings. The van der Waals surface area contributed by atoms with Crippen LogP contribution in [0.25, 0.3) is 10.9 Å². The van der Waals surface area contributed by atoms with Crippen molar-refractivity contribution in [3.8, 4) is 5.75 Å². The maximum Gasteiger partial charge on any atom is 0.146 e. The van der Waals surface area contributed by atoms with E-state index in [1.54, 1.807) is 30.3 Å². The normalized spacial score (nSPS) is 10.6. The first-order chi connectivity index (χ1) is 10.2. The van der Waals surface area contributed by atoms with Gasteiger partial charge in [0.25, 0.3) is 0 Å². The van der Waals surface area contributed by atoms with Crippen molar-refractivity contribution < 1.29 is 9.13 Å². The molecule has 0 aliphatic rings. The van der Waals surface area contributed by atoms with Gasteiger partial charge in [-0.2, -0.15) is 0 Å². The number of nitrogen functional groups attached to an aromatic ring is 1. The van der Waals surface area contributed by atoms with Crippen molar-refractivity contribution in [3.05, 3.63) is 48.5 Å². The number of hydrogen-bond acceptors (Lipinski definition) is 5. The Morgan fingerprint density at radius 2 is 2.00 bits per heavy atom. The Bertz CT molecular complexity index is 807. The molecule has 5 nitrogen and oxygen atoms in total. The molecule has 0 saturated heterocycles. The van der Waals surface area contributed by atoms with Crippen LogP contribution in [0.1, 0.15) is 0 Å². The molecule has 21 heavy (non-hydrogen) atoms. The van der Waals surface area contributed by atoms with Gasteiger partial charge in [-0.15, -0.1) is 0 Å². The zero-order valence-corrected chi connectivity index (χ0v) is 11.3. The second kappa shape index (κ2) is 5.24. The Kier molecular flexibility index (Phi) is 3.27. The van der Waals surface area contributed by atoms with Crippen LogP contribution in [-0.4, -0.2) is 17.1 Å². The fourth-order valence-corrected chi connectivity index (χ4v) is 2.03. The minimum atomic E-state index is -0.397. The number of aromatic nitrogens is 2.